The van der Waals surface area contributed by atoms with Gasteiger partial charge >= 0.3 is 0 Å². The van der Waals surface area contributed by atoms with Crippen molar-refractivity contribution in [2.24, 2.45) is 0 Å². The number of pyridine rings is 1. The van der Waals surface area contributed by atoms with Crippen LogP contribution in [0.3, 0.4) is 0 Å². The fourth-order valence-corrected chi connectivity index (χ4v) is 2.52. The molecule has 1 aliphatic carbocycles. The molecular weight excluding hydrogens is 238 g/mol. The van der Waals surface area contributed by atoms with Gasteiger partial charge in [-0.05, 0) is 31.9 Å². The zero-order valence-electron chi connectivity index (χ0n) is 11.6. The third-order valence-electron chi connectivity index (χ3n) is 3.72. The molecule has 2 fully saturated rings. The molecule has 0 aromatic carbocycles. The Morgan fingerprint density at radius 2 is 2.21 bits per heavy atom. The maximum atomic E-state index is 5.57. The molecule has 0 spiro atoms. The lowest BCUT2D eigenvalue weighted by Gasteiger charge is -2.30. The zero-order valence-corrected chi connectivity index (χ0v) is 11.6. The molecule has 3 rings (SSSR count). The molecule has 0 radical (unpaired) electrons. The van der Waals surface area contributed by atoms with Crippen LogP contribution in [-0.2, 0) is 17.8 Å². The number of ether oxygens (including phenoxy) is 1. The van der Waals surface area contributed by atoms with E-state index in [2.05, 4.69) is 35.3 Å². The van der Waals surface area contributed by atoms with Crippen molar-refractivity contribution >= 4 is 0 Å². The summed E-state index contributed by atoms with van der Waals surface area (Å²) in [5.74, 6) is 0. The van der Waals surface area contributed by atoms with Gasteiger partial charge in [-0.15, -0.1) is 0 Å². The molecule has 1 aliphatic heterocycles. The average molecular weight is 261 g/mol. The van der Waals surface area contributed by atoms with Crippen LogP contribution in [0.25, 0.3) is 0 Å². The summed E-state index contributed by atoms with van der Waals surface area (Å²) in [7, 11) is 0. The Balaban J connectivity index is 1.55. The van der Waals surface area contributed by atoms with E-state index in [0.29, 0.717) is 6.10 Å². The van der Waals surface area contributed by atoms with Crippen LogP contribution in [-0.4, -0.2) is 41.7 Å². The highest BCUT2D eigenvalue weighted by Gasteiger charge is 2.20. The van der Waals surface area contributed by atoms with Crippen molar-refractivity contribution in [3.8, 4) is 0 Å². The third kappa shape index (κ3) is 4.00. The molecule has 1 saturated carbocycles. The van der Waals surface area contributed by atoms with Gasteiger partial charge in [-0.2, -0.15) is 0 Å². The molecule has 1 atom stereocenters. The number of nitrogens with zero attached hydrogens (tertiary/aromatic N) is 2. The summed E-state index contributed by atoms with van der Waals surface area (Å²) < 4.78 is 5.57. The molecular formula is C15H23N3O. The Morgan fingerprint density at radius 3 is 3.00 bits per heavy atom. The van der Waals surface area contributed by atoms with Gasteiger partial charge in [0, 0.05) is 32.2 Å². The van der Waals surface area contributed by atoms with Crippen molar-refractivity contribution in [3.05, 3.63) is 29.6 Å². The molecule has 0 amide bonds. The minimum atomic E-state index is 0.341. The zero-order chi connectivity index (χ0) is 13.1. The predicted octanol–water partition coefficient (Wildman–Crippen LogP) is 1.55. The smallest absolute Gasteiger partial charge is 0.0674 e. The maximum Gasteiger partial charge on any atom is 0.0674 e. The van der Waals surface area contributed by atoms with Crippen LogP contribution in [0.1, 0.15) is 31.2 Å². The molecule has 2 aliphatic rings. The van der Waals surface area contributed by atoms with Crippen molar-refractivity contribution < 1.29 is 4.74 Å². The highest BCUT2D eigenvalue weighted by atomic mass is 16.5. The van der Waals surface area contributed by atoms with E-state index in [4.69, 9.17) is 9.72 Å². The van der Waals surface area contributed by atoms with Gasteiger partial charge in [-0.3, -0.25) is 9.88 Å². The van der Waals surface area contributed by atoms with Gasteiger partial charge in [-0.1, -0.05) is 6.07 Å². The summed E-state index contributed by atoms with van der Waals surface area (Å²) in [6.07, 6.45) is 2.99. The van der Waals surface area contributed by atoms with E-state index in [1.165, 1.54) is 18.5 Å². The van der Waals surface area contributed by atoms with Crippen LogP contribution in [0, 0.1) is 0 Å². The first-order valence-corrected chi connectivity index (χ1v) is 7.32. The molecule has 1 unspecified atom stereocenters. The van der Waals surface area contributed by atoms with Crippen molar-refractivity contribution in [2.45, 2.75) is 45.0 Å². The minimum Gasteiger partial charge on any atom is -0.376 e. The molecule has 1 N–H and O–H groups in total. The molecule has 19 heavy (non-hydrogen) atoms. The van der Waals surface area contributed by atoms with Crippen LogP contribution in [0.4, 0.5) is 0 Å². The quantitative estimate of drug-likeness (QED) is 0.873. The maximum absolute atomic E-state index is 5.57. The van der Waals surface area contributed by atoms with Crippen molar-refractivity contribution in [3.63, 3.8) is 0 Å². The van der Waals surface area contributed by atoms with Crippen molar-refractivity contribution in [2.75, 3.05) is 19.7 Å². The number of rotatable bonds is 5. The fraction of sp³-hybridized carbons (Fsp3) is 0.667. The van der Waals surface area contributed by atoms with E-state index < -0.39 is 0 Å². The molecule has 4 nitrogen and oxygen atoms in total. The summed E-state index contributed by atoms with van der Waals surface area (Å²) in [5, 5.41) is 3.51. The second-order valence-electron chi connectivity index (χ2n) is 5.69. The van der Waals surface area contributed by atoms with Gasteiger partial charge in [0.25, 0.3) is 0 Å². The normalized spacial score (nSPS) is 24.6. The molecule has 0 bridgehead atoms. The summed E-state index contributed by atoms with van der Waals surface area (Å²) >= 11 is 0. The van der Waals surface area contributed by atoms with Crippen LogP contribution >= 0.6 is 0 Å². The standard InChI is InChI=1S/C15H23N3O/c1-12-10-18(7-8-19-12)11-15-4-2-3-14(17-15)9-16-13-5-6-13/h2-4,12-13,16H,5-11H2,1H3. The van der Waals surface area contributed by atoms with Gasteiger partial charge in [0.05, 0.1) is 24.1 Å². The third-order valence-corrected chi connectivity index (χ3v) is 3.72. The summed E-state index contributed by atoms with van der Waals surface area (Å²) in [6.45, 7) is 6.82. The van der Waals surface area contributed by atoms with E-state index in [0.717, 1.165) is 44.5 Å². The van der Waals surface area contributed by atoms with Crippen molar-refractivity contribution in [1.29, 1.82) is 0 Å². The molecule has 1 aromatic rings. The Labute approximate surface area is 115 Å². The van der Waals surface area contributed by atoms with E-state index in [-0.39, 0.29) is 0 Å². The monoisotopic (exact) mass is 261 g/mol. The lowest BCUT2D eigenvalue weighted by atomic mass is 10.2. The molecule has 1 aromatic heterocycles. The first-order valence-electron chi connectivity index (χ1n) is 7.32. The fourth-order valence-electron chi connectivity index (χ4n) is 2.52. The van der Waals surface area contributed by atoms with Gasteiger partial charge < -0.3 is 10.1 Å². The number of hydrogen-bond acceptors (Lipinski definition) is 4. The average Bonchev–Trinajstić information content (AvgIpc) is 3.21. The van der Waals surface area contributed by atoms with Gasteiger partial charge in [0.15, 0.2) is 0 Å². The highest BCUT2D eigenvalue weighted by molar-refractivity contribution is 5.11. The predicted molar refractivity (Wildman–Crippen MR) is 74.8 cm³/mol. The Kier molecular flexibility index (Phi) is 4.11. The Hall–Kier alpha value is -0.970. The summed E-state index contributed by atoms with van der Waals surface area (Å²) in [4.78, 5) is 7.17. The van der Waals surface area contributed by atoms with E-state index in [1.54, 1.807) is 0 Å². The number of aromatic nitrogens is 1. The lowest BCUT2D eigenvalue weighted by molar-refractivity contribution is -0.0216. The largest absolute Gasteiger partial charge is 0.376 e. The SMILES string of the molecule is CC1CN(Cc2cccc(CNC3CC3)n2)CCO1. The van der Waals surface area contributed by atoms with Gasteiger partial charge in [-0.25, -0.2) is 0 Å². The Bertz CT molecular complexity index is 420. The lowest BCUT2D eigenvalue weighted by Crippen LogP contribution is -2.40. The summed E-state index contributed by atoms with van der Waals surface area (Å²) in [6, 6.07) is 7.10. The molecule has 2 heterocycles. The second kappa shape index (κ2) is 5.99. The number of morpholine rings is 1. The van der Waals surface area contributed by atoms with Crippen LogP contribution < -0.4 is 5.32 Å². The summed E-state index contributed by atoms with van der Waals surface area (Å²) in [5.41, 5.74) is 2.33. The first-order chi connectivity index (χ1) is 9.29. The Morgan fingerprint density at radius 1 is 1.37 bits per heavy atom. The molecule has 4 heteroatoms. The molecule has 1 saturated heterocycles. The number of nitrogens with one attached hydrogen (secondary N) is 1. The van der Waals surface area contributed by atoms with Crippen molar-refractivity contribution in [1.82, 2.24) is 15.2 Å². The van der Waals surface area contributed by atoms with E-state index in [9.17, 15) is 0 Å². The minimum absolute atomic E-state index is 0.341. The second-order valence-corrected chi connectivity index (χ2v) is 5.69. The van der Waals surface area contributed by atoms with Gasteiger partial charge in [0.1, 0.15) is 0 Å². The van der Waals surface area contributed by atoms with E-state index >= 15 is 0 Å². The van der Waals surface area contributed by atoms with Crippen LogP contribution in [0.2, 0.25) is 0 Å². The van der Waals surface area contributed by atoms with Gasteiger partial charge in [0.2, 0.25) is 0 Å². The van der Waals surface area contributed by atoms with E-state index in [1.807, 2.05) is 0 Å². The highest BCUT2D eigenvalue weighted by Crippen LogP contribution is 2.19. The number of hydrogen-bond donors (Lipinski definition) is 1. The molecule has 104 valence electrons. The topological polar surface area (TPSA) is 37.4 Å². The van der Waals surface area contributed by atoms with Crippen LogP contribution in [0.15, 0.2) is 18.2 Å². The first kappa shape index (κ1) is 13.0. The van der Waals surface area contributed by atoms with Crippen LogP contribution in [0.5, 0.6) is 0 Å².